The Kier molecular flexibility index (Phi) is 4.75. The molecule has 1 atom stereocenters. The second-order valence-electron chi connectivity index (χ2n) is 4.55. The molecule has 0 aliphatic rings. The van der Waals surface area contributed by atoms with Crippen molar-refractivity contribution in [3.63, 3.8) is 0 Å². The molecule has 1 amide bonds. The van der Waals surface area contributed by atoms with Crippen LogP contribution >= 0.6 is 11.6 Å². The van der Waals surface area contributed by atoms with Gasteiger partial charge in [0, 0.05) is 12.1 Å². The lowest BCUT2D eigenvalue weighted by atomic mass is 10.1. The zero-order valence-corrected chi connectivity index (χ0v) is 12.4. The highest BCUT2D eigenvalue weighted by molar-refractivity contribution is 6.30. The molecule has 4 nitrogen and oxygen atoms in total. The van der Waals surface area contributed by atoms with Crippen LogP contribution in [0.25, 0.3) is 0 Å². The zero-order valence-electron chi connectivity index (χ0n) is 11.7. The minimum Gasteiger partial charge on any atom is -0.372 e. The Morgan fingerprint density at radius 1 is 1.38 bits per heavy atom. The van der Waals surface area contributed by atoms with Gasteiger partial charge in [-0.2, -0.15) is 0 Å². The highest BCUT2D eigenvalue weighted by atomic mass is 35.5. The minimum atomic E-state index is -0.561. The number of nitrogens with zero attached hydrogens (tertiary/aromatic N) is 1. The summed E-state index contributed by atoms with van der Waals surface area (Å²) in [4.78, 5) is 16.1. The fraction of sp³-hybridized carbons (Fsp3) is 0.200. The molecule has 1 aromatic heterocycles. The zero-order chi connectivity index (χ0) is 15.4. The number of amides is 1. The molecule has 0 bridgehead atoms. The molecular weight excluding hydrogens is 293 g/mol. The van der Waals surface area contributed by atoms with Gasteiger partial charge in [0.15, 0.2) is 0 Å². The van der Waals surface area contributed by atoms with Gasteiger partial charge >= 0.3 is 0 Å². The molecule has 21 heavy (non-hydrogen) atoms. The van der Waals surface area contributed by atoms with Crippen molar-refractivity contribution in [2.24, 2.45) is 0 Å². The van der Waals surface area contributed by atoms with Crippen molar-refractivity contribution >= 4 is 23.3 Å². The second-order valence-corrected chi connectivity index (χ2v) is 4.99. The van der Waals surface area contributed by atoms with Crippen molar-refractivity contribution < 1.29 is 9.18 Å². The Labute approximate surface area is 127 Å². The Bertz CT molecular complexity index is 663. The third-order valence-corrected chi connectivity index (χ3v) is 3.27. The first kappa shape index (κ1) is 15.3. The average Bonchev–Trinajstić information content (AvgIpc) is 2.47. The van der Waals surface area contributed by atoms with E-state index < -0.39 is 11.7 Å². The summed E-state index contributed by atoms with van der Waals surface area (Å²) < 4.78 is 13.3. The normalized spacial score (nSPS) is 11.8. The summed E-state index contributed by atoms with van der Waals surface area (Å²) in [5.74, 6) is -0.638. The van der Waals surface area contributed by atoms with Gasteiger partial charge in [-0.05, 0) is 30.7 Å². The molecule has 0 spiro atoms. The number of pyridine rings is 1. The maximum absolute atomic E-state index is 13.3. The predicted molar refractivity (Wildman–Crippen MR) is 81.1 cm³/mol. The average molecular weight is 308 g/mol. The highest BCUT2D eigenvalue weighted by Gasteiger charge is 2.16. The number of anilines is 1. The molecule has 1 heterocycles. The van der Waals surface area contributed by atoms with E-state index in [0.29, 0.717) is 10.8 Å². The molecule has 0 radical (unpaired) electrons. The van der Waals surface area contributed by atoms with Gasteiger partial charge in [-0.1, -0.05) is 23.7 Å². The first-order valence-electron chi connectivity index (χ1n) is 6.41. The monoisotopic (exact) mass is 307 g/mol. The van der Waals surface area contributed by atoms with Gasteiger partial charge < -0.3 is 10.6 Å². The molecule has 6 heteroatoms. The first-order chi connectivity index (χ1) is 10.0. The number of benzene rings is 1. The lowest BCUT2D eigenvalue weighted by Gasteiger charge is -2.16. The van der Waals surface area contributed by atoms with Gasteiger partial charge in [-0.15, -0.1) is 0 Å². The van der Waals surface area contributed by atoms with Gasteiger partial charge in [0.05, 0.1) is 17.8 Å². The Balaban J connectivity index is 2.20. The van der Waals surface area contributed by atoms with E-state index in [0.717, 1.165) is 17.8 Å². The van der Waals surface area contributed by atoms with Crippen molar-refractivity contribution in [1.82, 2.24) is 10.3 Å². The maximum atomic E-state index is 13.3. The van der Waals surface area contributed by atoms with Crippen LogP contribution in [-0.4, -0.2) is 17.9 Å². The molecule has 110 valence electrons. The smallest absolute Gasteiger partial charge is 0.255 e. The molecule has 0 fully saturated rings. The number of hydrogen-bond acceptors (Lipinski definition) is 3. The molecule has 2 aromatic rings. The van der Waals surface area contributed by atoms with Crippen LogP contribution in [0.5, 0.6) is 0 Å². The third-order valence-electron chi connectivity index (χ3n) is 3.03. The van der Waals surface area contributed by atoms with Gasteiger partial charge in [-0.25, -0.2) is 9.37 Å². The summed E-state index contributed by atoms with van der Waals surface area (Å²) in [6.45, 7) is 1.83. The minimum absolute atomic E-state index is 0.159. The van der Waals surface area contributed by atoms with E-state index in [2.05, 4.69) is 15.6 Å². The summed E-state index contributed by atoms with van der Waals surface area (Å²) in [6.07, 6.45) is 1.06. The van der Waals surface area contributed by atoms with Crippen LogP contribution in [0.15, 0.2) is 36.5 Å². The molecule has 0 saturated heterocycles. The van der Waals surface area contributed by atoms with Crippen molar-refractivity contribution in [3.8, 4) is 0 Å². The molecule has 2 N–H and O–H groups in total. The number of hydrogen-bond donors (Lipinski definition) is 2. The Hall–Kier alpha value is -2.14. The SMILES string of the molecule is CNc1ncc(F)cc1C(=O)NC(C)c1cccc(Cl)c1. The number of rotatable bonds is 4. The van der Waals surface area contributed by atoms with E-state index in [1.807, 2.05) is 19.1 Å². The highest BCUT2D eigenvalue weighted by Crippen LogP contribution is 2.19. The van der Waals surface area contributed by atoms with Crippen molar-refractivity contribution in [2.75, 3.05) is 12.4 Å². The predicted octanol–water partition coefficient (Wildman–Crippen LogP) is 3.41. The van der Waals surface area contributed by atoms with E-state index in [4.69, 9.17) is 11.6 Å². The summed E-state index contributed by atoms with van der Waals surface area (Å²) in [5.41, 5.74) is 1.03. The van der Waals surface area contributed by atoms with Crippen LogP contribution in [0.1, 0.15) is 28.9 Å². The van der Waals surface area contributed by atoms with Crippen LogP contribution in [0.2, 0.25) is 5.02 Å². The largest absolute Gasteiger partial charge is 0.372 e. The molecule has 0 aliphatic carbocycles. The van der Waals surface area contributed by atoms with E-state index in [1.165, 1.54) is 0 Å². The summed E-state index contributed by atoms with van der Waals surface area (Å²) in [5, 5.41) is 6.16. The van der Waals surface area contributed by atoms with Crippen LogP contribution < -0.4 is 10.6 Å². The van der Waals surface area contributed by atoms with E-state index in [-0.39, 0.29) is 11.6 Å². The van der Waals surface area contributed by atoms with E-state index in [1.54, 1.807) is 19.2 Å². The van der Waals surface area contributed by atoms with E-state index in [9.17, 15) is 9.18 Å². The fourth-order valence-electron chi connectivity index (χ4n) is 1.95. The maximum Gasteiger partial charge on any atom is 0.255 e. The fourth-order valence-corrected chi connectivity index (χ4v) is 2.14. The van der Waals surface area contributed by atoms with Gasteiger partial charge in [0.1, 0.15) is 11.6 Å². The van der Waals surface area contributed by atoms with Crippen molar-refractivity contribution in [2.45, 2.75) is 13.0 Å². The Morgan fingerprint density at radius 3 is 2.81 bits per heavy atom. The number of aromatic nitrogens is 1. The quantitative estimate of drug-likeness (QED) is 0.910. The number of nitrogens with one attached hydrogen (secondary N) is 2. The Morgan fingerprint density at radius 2 is 2.14 bits per heavy atom. The van der Waals surface area contributed by atoms with Gasteiger partial charge in [-0.3, -0.25) is 4.79 Å². The van der Waals surface area contributed by atoms with E-state index >= 15 is 0 Å². The van der Waals surface area contributed by atoms with Crippen LogP contribution in [0.4, 0.5) is 10.2 Å². The van der Waals surface area contributed by atoms with Crippen LogP contribution in [0, 0.1) is 5.82 Å². The molecular formula is C15H15ClFN3O. The summed E-state index contributed by atoms with van der Waals surface area (Å²) >= 11 is 5.93. The third kappa shape index (κ3) is 3.70. The lowest BCUT2D eigenvalue weighted by Crippen LogP contribution is -2.27. The number of carbonyl (C=O) groups is 1. The number of halogens is 2. The van der Waals surface area contributed by atoms with Crippen LogP contribution in [0.3, 0.4) is 0 Å². The molecule has 0 saturated carbocycles. The van der Waals surface area contributed by atoms with Gasteiger partial charge in [0.2, 0.25) is 0 Å². The second kappa shape index (κ2) is 6.54. The molecule has 1 unspecified atom stereocenters. The summed E-state index contributed by atoms with van der Waals surface area (Å²) in [6, 6.07) is 8.09. The first-order valence-corrected chi connectivity index (χ1v) is 6.78. The standard InChI is InChI=1S/C15H15ClFN3O/c1-9(10-4-3-5-11(16)6-10)20-15(21)13-7-12(17)8-19-14(13)18-2/h3-9H,1-2H3,(H,18,19)(H,20,21). The number of carbonyl (C=O) groups excluding carboxylic acids is 1. The molecule has 1 aromatic carbocycles. The lowest BCUT2D eigenvalue weighted by molar-refractivity contribution is 0.0940. The van der Waals surface area contributed by atoms with Crippen LogP contribution in [-0.2, 0) is 0 Å². The molecule has 0 aliphatic heterocycles. The van der Waals surface area contributed by atoms with Gasteiger partial charge in [0.25, 0.3) is 5.91 Å². The summed E-state index contributed by atoms with van der Waals surface area (Å²) in [7, 11) is 1.62. The van der Waals surface area contributed by atoms with Crippen molar-refractivity contribution in [1.29, 1.82) is 0 Å². The molecule has 2 rings (SSSR count). The topological polar surface area (TPSA) is 54.0 Å². The van der Waals surface area contributed by atoms with Crippen molar-refractivity contribution in [3.05, 3.63) is 58.5 Å².